The van der Waals surface area contributed by atoms with Crippen molar-refractivity contribution in [2.45, 2.75) is 19.1 Å². The molecular weight excluding hydrogens is 244 g/mol. The average Bonchev–Trinajstić information content (AvgIpc) is 2.37. The van der Waals surface area contributed by atoms with Gasteiger partial charge in [-0.2, -0.15) is 0 Å². The first-order valence-electron chi connectivity index (χ1n) is 5.10. The number of hydrogen-bond donors (Lipinski definition) is 2. The lowest BCUT2D eigenvalue weighted by Crippen LogP contribution is -2.29. The topological polar surface area (TPSA) is 123 Å². The molecule has 0 amide bonds. The van der Waals surface area contributed by atoms with E-state index in [4.69, 9.17) is 0 Å². The number of aliphatic hydroxyl groups is 2. The van der Waals surface area contributed by atoms with Crippen molar-refractivity contribution in [3.05, 3.63) is 34.0 Å². The molecule has 8 nitrogen and oxygen atoms in total. The second kappa shape index (κ2) is 6.03. The van der Waals surface area contributed by atoms with E-state index in [-0.39, 0.29) is 12.2 Å². The van der Waals surface area contributed by atoms with E-state index in [2.05, 4.69) is 9.72 Å². The first-order chi connectivity index (χ1) is 8.47. The number of aliphatic hydroxyl groups excluding tert-OH is 2. The van der Waals surface area contributed by atoms with Gasteiger partial charge >= 0.3 is 11.8 Å². The first-order valence-corrected chi connectivity index (χ1v) is 5.10. The van der Waals surface area contributed by atoms with Crippen LogP contribution in [0.5, 0.6) is 0 Å². The average molecular weight is 256 g/mol. The van der Waals surface area contributed by atoms with Gasteiger partial charge in [0.2, 0.25) is 0 Å². The minimum atomic E-state index is -1.76. The van der Waals surface area contributed by atoms with Crippen LogP contribution in [0.4, 0.5) is 5.82 Å². The number of hydrogen-bond acceptors (Lipinski definition) is 7. The fourth-order valence-electron chi connectivity index (χ4n) is 1.22. The molecule has 0 radical (unpaired) electrons. The third-order valence-corrected chi connectivity index (χ3v) is 2.13. The van der Waals surface area contributed by atoms with Crippen molar-refractivity contribution in [3.63, 3.8) is 0 Å². The van der Waals surface area contributed by atoms with Gasteiger partial charge in [-0.25, -0.2) is 4.79 Å². The maximum atomic E-state index is 11.2. The Hall–Kier alpha value is -2.06. The Kier molecular flexibility index (Phi) is 4.69. The molecule has 0 aliphatic heterocycles. The zero-order chi connectivity index (χ0) is 13.7. The summed E-state index contributed by atoms with van der Waals surface area (Å²) in [7, 11) is 0. The van der Waals surface area contributed by atoms with Crippen LogP contribution in [0.15, 0.2) is 18.3 Å². The molecule has 2 N–H and O–H groups in total. The van der Waals surface area contributed by atoms with Crippen molar-refractivity contribution in [1.29, 1.82) is 0 Å². The summed E-state index contributed by atoms with van der Waals surface area (Å²) >= 11 is 0. The molecule has 0 fully saturated rings. The number of ether oxygens (including phenoxy) is 1. The number of rotatable bonds is 5. The summed E-state index contributed by atoms with van der Waals surface area (Å²) in [5.41, 5.74) is 0.0844. The van der Waals surface area contributed by atoms with Gasteiger partial charge in [0.15, 0.2) is 6.10 Å². The number of pyridine rings is 1. The number of esters is 1. The molecule has 1 heterocycles. The minimum absolute atomic E-state index is 0.0706. The Bertz CT molecular complexity index is 432. The molecule has 0 bridgehead atoms. The molecule has 98 valence electrons. The van der Waals surface area contributed by atoms with Crippen LogP contribution in [0.3, 0.4) is 0 Å². The van der Waals surface area contributed by atoms with Crippen LogP contribution in [-0.4, -0.2) is 38.8 Å². The molecule has 18 heavy (non-hydrogen) atoms. The number of nitrogens with zero attached hydrogens (tertiary/aromatic N) is 2. The molecule has 0 spiro atoms. The molecule has 2 atom stereocenters. The van der Waals surface area contributed by atoms with E-state index < -0.39 is 28.9 Å². The molecule has 1 aromatic rings. The fourth-order valence-corrected chi connectivity index (χ4v) is 1.22. The molecule has 1 aromatic heterocycles. The zero-order valence-electron chi connectivity index (χ0n) is 9.52. The van der Waals surface area contributed by atoms with Crippen molar-refractivity contribution < 1.29 is 24.7 Å². The minimum Gasteiger partial charge on any atom is -0.464 e. The van der Waals surface area contributed by atoms with E-state index in [1.54, 1.807) is 6.92 Å². The molecule has 1 rings (SSSR count). The van der Waals surface area contributed by atoms with Crippen LogP contribution in [-0.2, 0) is 9.53 Å². The van der Waals surface area contributed by atoms with Gasteiger partial charge in [0, 0.05) is 11.6 Å². The van der Waals surface area contributed by atoms with Crippen molar-refractivity contribution in [2.75, 3.05) is 6.61 Å². The highest BCUT2D eigenvalue weighted by Gasteiger charge is 2.28. The molecular formula is C10H12N2O6. The Morgan fingerprint density at radius 3 is 2.67 bits per heavy atom. The standard InChI is InChI=1S/C10H12N2O6/c1-2-18-10(15)9(14)8(13)6-3-4-7(11-5-6)12(16)17/h3-5,8-9,13-14H,2H2,1H3. The fraction of sp³-hybridized carbons (Fsp3) is 0.400. The number of carbonyl (C=O) groups excluding carboxylic acids is 1. The SMILES string of the molecule is CCOC(=O)C(O)C(O)c1ccc([N+](=O)[O-])nc1. The maximum Gasteiger partial charge on any atom is 0.363 e. The number of nitro groups is 1. The monoisotopic (exact) mass is 256 g/mol. The van der Waals surface area contributed by atoms with Crippen LogP contribution in [0, 0.1) is 10.1 Å². The Balaban J connectivity index is 2.80. The summed E-state index contributed by atoms with van der Waals surface area (Å²) in [5.74, 6) is -1.36. The molecule has 0 aliphatic rings. The molecule has 0 aromatic carbocycles. The summed E-state index contributed by atoms with van der Waals surface area (Å²) in [6.07, 6.45) is -2.28. The van der Waals surface area contributed by atoms with E-state index in [0.29, 0.717) is 0 Å². The quantitative estimate of drug-likeness (QED) is 0.430. The second-order valence-corrected chi connectivity index (χ2v) is 3.35. The van der Waals surface area contributed by atoms with Gasteiger partial charge in [0.25, 0.3) is 0 Å². The molecule has 0 saturated carbocycles. The van der Waals surface area contributed by atoms with E-state index in [9.17, 15) is 25.1 Å². The first kappa shape index (κ1) is 14.0. The normalized spacial score (nSPS) is 13.7. The van der Waals surface area contributed by atoms with Gasteiger partial charge in [-0.1, -0.05) is 0 Å². The Morgan fingerprint density at radius 2 is 2.22 bits per heavy atom. The van der Waals surface area contributed by atoms with E-state index in [1.807, 2.05) is 0 Å². The summed E-state index contributed by atoms with van der Waals surface area (Å²) in [4.78, 5) is 24.3. The molecule has 0 saturated heterocycles. The van der Waals surface area contributed by atoms with Crippen LogP contribution in [0.2, 0.25) is 0 Å². The van der Waals surface area contributed by atoms with Gasteiger partial charge in [-0.05, 0) is 22.9 Å². The van der Waals surface area contributed by atoms with Crippen molar-refractivity contribution >= 4 is 11.8 Å². The van der Waals surface area contributed by atoms with Crippen LogP contribution in [0.25, 0.3) is 0 Å². The van der Waals surface area contributed by atoms with Crippen molar-refractivity contribution in [1.82, 2.24) is 4.98 Å². The van der Waals surface area contributed by atoms with Crippen molar-refractivity contribution in [2.24, 2.45) is 0 Å². The molecule has 0 aliphatic carbocycles. The highest BCUT2D eigenvalue weighted by Crippen LogP contribution is 2.18. The van der Waals surface area contributed by atoms with E-state index in [0.717, 1.165) is 12.3 Å². The predicted octanol–water partition coefficient (Wildman–Crippen LogP) is -0.0528. The van der Waals surface area contributed by atoms with E-state index in [1.165, 1.54) is 6.07 Å². The maximum absolute atomic E-state index is 11.2. The summed E-state index contributed by atoms with van der Waals surface area (Å²) in [6.45, 7) is 1.63. The summed E-state index contributed by atoms with van der Waals surface area (Å²) in [5, 5.41) is 29.5. The summed E-state index contributed by atoms with van der Waals surface area (Å²) in [6, 6.07) is 2.27. The summed E-state index contributed by atoms with van der Waals surface area (Å²) < 4.78 is 4.53. The smallest absolute Gasteiger partial charge is 0.363 e. The van der Waals surface area contributed by atoms with E-state index >= 15 is 0 Å². The van der Waals surface area contributed by atoms with Crippen LogP contribution >= 0.6 is 0 Å². The highest BCUT2D eigenvalue weighted by atomic mass is 16.6. The van der Waals surface area contributed by atoms with Gasteiger partial charge in [0.1, 0.15) is 12.3 Å². The van der Waals surface area contributed by atoms with Gasteiger partial charge in [0.05, 0.1) is 6.61 Å². The van der Waals surface area contributed by atoms with Crippen LogP contribution < -0.4 is 0 Å². The second-order valence-electron chi connectivity index (χ2n) is 3.35. The highest BCUT2D eigenvalue weighted by molar-refractivity contribution is 5.75. The van der Waals surface area contributed by atoms with Crippen molar-refractivity contribution in [3.8, 4) is 0 Å². The number of carbonyl (C=O) groups is 1. The van der Waals surface area contributed by atoms with Gasteiger partial charge < -0.3 is 25.1 Å². The Labute approximate surface area is 102 Å². The zero-order valence-corrected chi connectivity index (χ0v) is 9.52. The predicted molar refractivity (Wildman–Crippen MR) is 58.5 cm³/mol. The third kappa shape index (κ3) is 3.22. The largest absolute Gasteiger partial charge is 0.464 e. The lowest BCUT2D eigenvalue weighted by molar-refractivity contribution is -0.389. The molecule has 8 heteroatoms. The molecule has 2 unspecified atom stereocenters. The van der Waals surface area contributed by atoms with Gasteiger partial charge in [-0.15, -0.1) is 0 Å². The van der Waals surface area contributed by atoms with Gasteiger partial charge in [-0.3, -0.25) is 0 Å². The lowest BCUT2D eigenvalue weighted by Gasteiger charge is -2.15. The Morgan fingerprint density at radius 1 is 1.56 bits per heavy atom. The third-order valence-electron chi connectivity index (χ3n) is 2.13. The van der Waals surface area contributed by atoms with Crippen LogP contribution in [0.1, 0.15) is 18.6 Å². The lowest BCUT2D eigenvalue weighted by atomic mass is 10.1. The number of aromatic nitrogens is 1.